The van der Waals surface area contributed by atoms with Crippen LogP contribution in [0.5, 0.6) is 23.0 Å². The van der Waals surface area contributed by atoms with Crippen LogP contribution in [0.3, 0.4) is 0 Å². The van der Waals surface area contributed by atoms with Crippen molar-refractivity contribution in [2.75, 3.05) is 32.9 Å². The molecule has 7 heteroatoms. The second-order valence-electron chi connectivity index (χ2n) is 9.12. The van der Waals surface area contributed by atoms with Crippen LogP contribution in [0.2, 0.25) is 0 Å². The molecule has 1 unspecified atom stereocenters. The van der Waals surface area contributed by atoms with Gasteiger partial charge in [0.25, 0.3) is 0 Å². The largest absolute Gasteiger partial charge is 0.508 e. The lowest BCUT2D eigenvalue weighted by molar-refractivity contribution is 0.104. The van der Waals surface area contributed by atoms with E-state index >= 15 is 0 Å². The zero-order chi connectivity index (χ0) is 25.1. The molecule has 186 valence electrons. The molecule has 0 radical (unpaired) electrons. The van der Waals surface area contributed by atoms with E-state index in [0.717, 1.165) is 47.5 Å². The van der Waals surface area contributed by atoms with Crippen LogP contribution in [0.1, 0.15) is 27.2 Å². The molecule has 0 amide bonds. The number of likely N-dealkylation sites (tertiary alicyclic amines) is 1. The molecule has 1 aromatic heterocycles. The minimum absolute atomic E-state index is 0.111. The Morgan fingerprint density at radius 2 is 1.89 bits per heavy atom. The summed E-state index contributed by atoms with van der Waals surface area (Å²) in [4.78, 5) is 16.2. The zero-order valence-corrected chi connectivity index (χ0v) is 20.9. The Hall–Kier alpha value is -3.42. The van der Waals surface area contributed by atoms with Gasteiger partial charge < -0.3 is 14.6 Å². The van der Waals surface area contributed by atoms with E-state index in [9.17, 15) is 14.3 Å². The first-order chi connectivity index (χ1) is 17.5. The van der Waals surface area contributed by atoms with Gasteiger partial charge in [0.2, 0.25) is 5.78 Å². The topological polar surface area (TPSA) is 59.0 Å². The molecule has 5 nitrogen and oxygen atoms in total. The fraction of sp³-hybridized carbons (Fsp3) is 0.276. The Bertz CT molecular complexity index is 1370. The number of thiophene rings is 1. The predicted molar refractivity (Wildman–Crippen MR) is 141 cm³/mol. The summed E-state index contributed by atoms with van der Waals surface area (Å²) in [5.74, 6) is 1.97. The van der Waals surface area contributed by atoms with Gasteiger partial charge in [0.1, 0.15) is 28.7 Å². The van der Waals surface area contributed by atoms with E-state index in [2.05, 4.69) is 4.90 Å². The van der Waals surface area contributed by atoms with Crippen molar-refractivity contribution in [3.8, 4) is 23.0 Å². The van der Waals surface area contributed by atoms with Crippen molar-refractivity contribution in [2.45, 2.75) is 13.3 Å². The van der Waals surface area contributed by atoms with E-state index in [4.69, 9.17) is 9.47 Å². The number of hydrogen-bond donors (Lipinski definition) is 1. The molecule has 3 aromatic carbocycles. The van der Waals surface area contributed by atoms with Crippen LogP contribution in [-0.2, 0) is 0 Å². The third kappa shape index (κ3) is 5.22. The highest BCUT2D eigenvalue weighted by Gasteiger charge is 2.24. The van der Waals surface area contributed by atoms with Gasteiger partial charge in [-0.3, -0.25) is 14.1 Å². The fourth-order valence-electron chi connectivity index (χ4n) is 4.52. The van der Waals surface area contributed by atoms with E-state index in [1.165, 1.54) is 11.3 Å². The van der Waals surface area contributed by atoms with Crippen LogP contribution in [0.25, 0.3) is 10.1 Å². The number of hydrogen-bond acceptors (Lipinski definition) is 6. The summed E-state index contributed by atoms with van der Waals surface area (Å²) in [6, 6.07) is 19.8. The number of halogens is 1. The summed E-state index contributed by atoms with van der Waals surface area (Å²) < 4.78 is 25.7. The predicted octanol–water partition coefficient (Wildman–Crippen LogP) is 6.61. The number of nitrogens with zero attached hydrogens (tertiary/aromatic N) is 1. The quantitative estimate of drug-likeness (QED) is 0.260. The third-order valence-corrected chi connectivity index (χ3v) is 7.66. The number of fused-ring (bicyclic) bond motifs is 1. The zero-order valence-electron chi connectivity index (χ0n) is 20.1. The summed E-state index contributed by atoms with van der Waals surface area (Å²) in [7, 11) is 0. The van der Waals surface area contributed by atoms with Gasteiger partial charge in [-0.2, -0.15) is 0 Å². The second-order valence-corrected chi connectivity index (χ2v) is 10.2. The molecule has 0 aliphatic carbocycles. The highest BCUT2D eigenvalue weighted by Crippen LogP contribution is 2.43. The lowest BCUT2D eigenvalue weighted by Gasteiger charge is -2.16. The van der Waals surface area contributed by atoms with Crippen molar-refractivity contribution in [1.82, 2.24) is 4.90 Å². The van der Waals surface area contributed by atoms with E-state index < -0.39 is 0 Å². The first-order valence-electron chi connectivity index (χ1n) is 12.1. The molecule has 1 atom stereocenters. The van der Waals surface area contributed by atoms with Crippen molar-refractivity contribution in [3.05, 3.63) is 82.7 Å². The molecule has 1 aliphatic rings. The summed E-state index contributed by atoms with van der Waals surface area (Å²) >= 11 is 1.31. The monoisotopic (exact) mass is 505 g/mol. The number of ketones is 1. The molecule has 1 saturated heterocycles. The van der Waals surface area contributed by atoms with Crippen LogP contribution >= 0.6 is 11.3 Å². The summed E-state index contributed by atoms with van der Waals surface area (Å²) in [6.07, 6.45) is 0.910. The summed E-state index contributed by atoms with van der Waals surface area (Å²) in [5.41, 5.74) is 1.52. The SMILES string of the molecule is Cc1ccccc1C(=O)c1sc2cc(O)ccc2c1Oc1ccc(OCCN2CCC(CF)C2)cc1. The molecule has 5 rings (SSSR count). The number of aryl methyl sites for hydroxylation is 1. The maximum atomic E-state index is 13.5. The summed E-state index contributed by atoms with van der Waals surface area (Å²) in [5, 5.41) is 10.7. The number of phenolic OH excluding ortho intramolecular Hbond substituents is 1. The molecule has 36 heavy (non-hydrogen) atoms. The van der Waals surface area contributed by atoms with Crippen molar-refractivity contribution in [3.63, 3.8) is 0 Å². The first kappa shape index (κ1) is 24.3. The lowest BCUT2D eigenvalue weighted by Crippen LogP contribution is -2.26. The molecule has 2 heterocycles. The Morgan fingerprint density at radius 3 is 2.64 bits per heavy atom. The fourth-order valence-corrected chi connectivity index (χ4v) is 5.64. The molecular weight excluding hydrogens is 477 g/mol. The van der Waals surface area contributed by atoms with Crippen LogP contribution in [0.15, 0.2) is 66.7 Å². The Balaban J connectivity index is 1.33. The maximum Gasteiger partial charge on any atom is 0.207 e. The van der Waals surface area contributed by atoms with Gasteiger partial charge in [-0.05, 0) is 67.9 Å². The number of phenols is 1. The molecule has 1 aliphatic heterocycles. The third-order valence-electron chi connectivity index (χ3n) is 6.53. The number of benzene rings is 3. The van der Waals surface area contributed by atoms with E-state index in [0.29, 0.717) is 28.5 Å². The van der Waals surface area contributed by atoms with Gasteiger partial charge >= 0.3 is 0 Å². The van der Waals surface area contributed by atoms with E-state index in [-0.39, 0.29) is 24.1 Å². The molecule has 4 aromatic rings. The van der Waals surface area contributed by atoms with E-state index in [1.54, 1.807) is 18.2 Å². The molecule has 1 N–H and O–H groups in total. The van der Waals surface area contributed by atoms with Gasteiger partial charge in [0.15, 0.2) is 5.75 Å². The molecule has 1 fully saturated rings. The number of ether oxygens (including phenoxy) is 2. The molecule has 0 bridgehead atoms. The van der Waals surface area contributed by atoms with Gasteiger partial charge in [-0.25, -0.2) is 0 Å². The number of rotatable bonds is 9. The molecule has 0 spiro atoms. The van der Waals surface area contributed by atoms with Gasteiger partial charge in [0.05, 0.1) is 6.67 Å². The summed E-state index contributed by atoms with van der Waals surface area (Å²) in [6.45, 7) is 4.68. The number of alkyl halides is 1. The molecular formula is C29H28FNO4S. The Labute approximate surface area is 213 Å². The lowest BCUT2D eigenvalue weighted by atomic mass is 10.0. The minimum Gasteiger partial charge on any atom is -0.508 e. The number of carbonyl (C=O) groups excluding carboxylic acids is 1. The van der Waals surface area contributed by atoms with Gasteiger partial charge in [-0.1, -0.05) is 24.3 Å². The van der Waals surface area contributed by atoms with Crippen LogP contribution in [-0.4, -0.2) is 48.7 Å². The maximum absolute atomic E-state index is 13.5. The normalized spacial score (nSPS) is 15.9. The van der Waals surface area contributed by atoms with E-state index in [1.807, 2.05) is 55.5 Å². The second kappa shape index (κ2) is 10.7. The average Bonchev–Trinajstić information content (AvgIpc) is 3.49. The van der Waals surface area contributed by atoms with Crippen LogP contribution in [0.4, 0.5) is 4.39 Å². The Kier molecular flexibility index (Phi) is 7.20. The van der Waals surface area contributed by atoms with Crippen LogP contribution < -0.4 is 9.47 Å². The van der Waals surface area contributed by atoms with Crippen molar-refractivity contribution < 1.29 is 23.8 Å². The van der Waals surface area contributed by atoms with Crippen molar-refractivity contribution >= 4 is 27.2 Å². The average molecular weight is 506 g/mol. The number of carbonyl (C=O) groups is 1. The highest BCUT2D eigenvalue weighted by molar-refractivity contribution is 7.21. The van der Waals surface area contributed by atoms with Crippen LogP contribution in [0, 0.1) is 12.8 Å². The van der Waals surface area contributed by atoms with Crippen molar-refractivity contribution in [2.24, 2.45) is 5.92 Å². The van der Waals surface area contributed by atoms with Crippen molar-refractivity contribution in [1.29, 1.82) is 0 Å². The first-order valence-corrected chi connectivity index (χ1v) is 12.9. The smallest absolute Gasteiger partial charge is 0.207 e. The Morgan fingerprint density at radius 1 is 1.11 bits per heavy atom. The van der Waals surface area contributed by atoms with Gasteiger partial charge in [0, 0.05) is 34.7 Å². The minimum atomic E-state index is -0.252. The highest BCUT2D eigenvalue weighted by atomic mass is 32.1. The number of aromatic hydroxyl groups is 1. The molecule has 0 saturated carbocycles. The van der Waals surface area contributed by atoms with Gasteiger partial charge in [-0.15, -0.1) is 11.3 Å². The standard InChI is InChI=1S/C29H28FNO4S/c1-19-4-2-3-5-24(19)27(33)29-28(25-11-6-21(32)16-26(25)36-29)35-23-9-7-22(8-10-23)34-15-14-31-13-12-20(17-30)18-31/h2-11,16,20,32H,12-15,17-18H2,1H3.